The van der Waals surface area contributed by atoms with Crippen molar-refractivity contribution in [1.29, 1.82) is 0 Å². The van der Waals surface area contributed by atoms with Crippen molar-refractivity contribution in [1.82, 2.24) is 5.32 Å². The van der Waals surface area contributed by atoms with Crippen molar-refractivity contribution in [2.24, 2.45) is 5.92 Å². The Hall–Kier alpha value is -2.37. The molecule has 2 aromatic rings. The maximum absolute atomic E-state index is 12.6. The molecule has 148 valence electrons. The highest BCUT2D eigenvalue weighted by Gasteiger charge is 2.35. The number of hydrogen-bond acceptors (Lipinski definition) is 3. The van der Waals surface area contributed by atoms with Gasteiger partial charge in [-0.25, -0.2) is 0 Å². The van der Waals surface area contributed by atoms with Crippen LogP contribution in [-0.4, -0.2) is 24.5 Å². The summed E-state index contributed by atoms with van der Waals surface area (Å²) >= 11 is 6.01. The van der Waals surface area contributed by atoms with Crippen LogP contribution in [0.25, 0.3) is 0 Å². The number of nitrogens with one attached hydrogen (secondary N) is 1. The van der Waals surface area contributed by atoms with Crippen LogP contribution in [-0.2, 0) is 27.5 Å². The van der Waals surface area contributed by atoms with Crippen molar-refractivity contribution < 1.29 is 14.3 Å². The standard InChI is InChI=1S/C22H25ClN2O3/c1-15(2)28-14-17-6-3-5-16(9-17)12-24-22(27)18-10-21(26)25(13-18)20-8-4-7-19(23)11-20/h3-9,11,15,18H,10,12-14H2,1-2H3,(H,24,27). The number of rotatable bonds is 7. The van der Waals surface area contributed by atoms with E-state index < -0.39 is 0 Å². The number of benzene rings is 2. The van der Waals surface area contributed by atoms with Gasteiger partial charge in [0, 0.05) is 30.2 Å². The smallest absolute Gasteiger partial charge is 0.227 e. The number of carbonyl (C=O) groups excluding carboxylic acids is 2. The van der Waals surface area contributed by atoms with E-state index >= 15 is 0 Å². The van der Waals surface area contributed by atoms with E-state index in [4.69, 9.17) is 16.3 Å². The maximum atomic E-state index is 12.6. The van der Waals surface area contributed by atoms with E-state index in [1.54, 1.807) is 23.1 Å². The molecule has 2 amide bonds. The molecule has 3 rings (SSSR count). The predicted octanol–water partition coefficient (Wildman–Crippen LogP) is 3.93. The lowest BCUT2D eigenvalue weighted by Gasteiger charge is -2.17. The molecule has 1 saturated heterocycles. The van der Waals surface area contributed by atoms with Gasteiger partial charge in [-0.15, -0.1) is 0 Å². The van der Waals surface area contributed by atoms with Crippen LogP contribution in [0.5, 0.6) is 0 Å². The van der Waals surface area contributed by atoms with Crippen molar-refractivity contribution in [3.05, 3.63) is 64.7 Å². The first-order valence-corrected chi connectivity index (χ1v) is 9.83. The molecule has 0 saturated carbocycles. The second-order valence-corrected chi connectivity index (χ2v) is 7.72. The Kier molecular flexibility index (Phi) is 6.70. The van der Waals surface area contributed by atoms with Gasteiger partial charge in [-0.1, -0.05) is 41.9 Å². The number of nitrogens with zero attached hydrogens (tertiary/aromatic N) is 1. The van der Waals surface area contributed by atoms with Crippen molar-refractivity contribution in [2.75, 3.05) is 11.4 Å². The first-order chi connectivity index (χ1) is 13.4. The van der Waals surface area contributed by atoms with E-state index in [9.17, 15) is 9.59 Å². The zero-order valence-corrected chi connectivity index (χ0v) is 16.9. The normalized spacial score (nSPS) is 16.6. The average Bonchev–Trinajstić information content (AvgIpc) is 3.06. The molecule has 0 bridgehead atoms. The molecule has 0 spiro atoms. The highest BCUT2D eigenvalue weighted by atomic mass is 35.5. The van der Waals surface area contributed by atoms with Crippen molar-refractivity contribution in [3.8, 4) is 0 Å². The quantitative estimate of drug-likeness (QED) is 0.765. The van der Waals surface area contributed by atoms with Crippen LogP contribution in [0.4, 0.5) is 5.69 Å². The van der Waals surface area contributed by atoms with Crippen LogP contribution in [0.3, 0.4) is 0 Å². The Morgan fingerprint density at radius 2 is 1.96 bits per heavy atom. The van der Waals surface area contributed by atoms with Gasteiger partial charge < -0.3 is 15.0 Å². The molecule has 1 heterocycles. The zero-order valence-electron chi connectivity index (χ0n) is 16.2. The van der Waals surface area contributed by atoms with Crippen LogP contribution in [0.2, 0.25) is 5.02 Å². The number of hydrogen-bond donors (Lipinski definition) is 1. The molecular weight excluding hydrogens is 376 g/mol. The van der Waals surface area contributed by atoms with Crippen molar-refractivity contribution in [3.63, 3.8) is 0 Å². The van der Waals surface area contributed by atoms with E-state index in [1.165, 1.54) is 0 Å². The van der Waals surface area contributed by atoms with Crippen molar-refractivity contribution >= 4 is 29.1 Å². The number of amides is 2. The molecule has 1 fully saturated rings. The fourth-order valence-electron chi connectivity index (χ4n) is 3.20. The summed E-state index contributed by atoms with van der Waals surface area (Å²) in [5.74, 6) is -0.532. The fourth-order valence-corrected chi connectivity index (χ4v) is 3.39. The van der Waals surface area contributed by atoms with Crippen LogP contribution in [0.15, 0.2) is 48.5 Å². The van der Waals surface area contributed by atoms with Gasteiger partial charge in [0.05, 0.1) is 18.6 Å². The highest BCUT2D eigenvalue weighted by Crippen LogP contribution is 2.27. The Labute approximate surface area is 170 Å². The third kappa shape index (κ3) is 5.33. The van der Waals surface area contributed by atoms with Crippen LogP contribution < -0.4 is 10.2 Å². The summed E-state index contributed by atoms with van der Waals surface area (Å²) in [4.78, 5) is 26.5. The lowest BCUT2D eigenvalue weighted by atomic mass is 10.1. The van der Waals surface area contributed by atoms with Gasteiger partial charge in [-0.2, -0.15) is 0 Å². The van der Waals surface area contributed by atoms with Gasteiger partial charge in [0.15, 0.2) is 0 Å². The van der Waals surface area contributed by atoms with Gasteiger partial charge in [-0.05, 0) is 43.2 Å². The van der Waals surface area contributed by atoms with E-state index in [1.807, 2.05) is 44.2 Å². The largest absolute Gasteiger partial charge is 0.374 e. The lowest BCUT2D eigenvalue weighted by Crippen LogP contribution is -2.32. The molecule has 28 heavy (non-hydrogen) atoms. The summed E-state index contributed by atoms with van der Waals surface area (Å²) < 4.78 is 5.62. The van der Waals surface area contributed by atoms with Crippen LogP contribution in [0.1, 0.15) is 31.4 Å². The third-order valence-corrected chi connectivity index (χ3v) is 4.89. The number of ether oxygens (including phenoxy) is 1. The molecule has 0 aromatic heterocycles. The Bertz CT molecular complexity index is 853. The number of anilines is 1. The SMILES string of the molecule is CC(C)OCc1cccc(CNC(=O)C2CC(=O)N(c3cccc(Cl)c3)C2)c1. The van der Waals surface area contributed by atoms with E-state index in [0.717, 1.165) is 16.8 Å². The van der Waals surface area contributed by atoms with Crippen molar-refractivity contribution in [2.45, 2.75) is 39.5 Å². The molecule has 1 aliphatic rings. The van der Waals surface area contributed by atoms with Crippen LogP contribution >= 0.6 is 11.6 Å². The Morgan fingerprint density at radius 1 is 1.21 bits per heavy atom. The minimum atomic E-state index is -0.362. The molecule has 0 aliphatic carbocycles. The molecule has 2 aromatic carbocycles. The minimum absolute atomic E-state index is 0.0600. The molecule has 1 unspecified atom stereocenters. The summed E-state index contributed by atoms with van der Waals surface area (Å²) in [7, 11) is 0. The predicted molar refractivity (Wildman–Crippen MR) is 110 cm³/mol. The highest BCUT2D eigenvalue weighted by molar-refractivity contribution is 6.31. The second kappa shape index (κ2) is 9.22. The summed E-state index contributed by atoms with van der Waals surface area (Å²) in [5, 5.41) is 3.52. The second-order valence-electron chi connectivity index (χ2n) is 7.28. The fraction of sp³-hybridized carbons (Fsp3) is 0.364. The summed E-state index contributed by atoms with van der Waals surface area (Å²) in [6, 6.07) is 15.1. The molecule has 0 radical (unpaired) electrons. The van der Waals surface area contributed by atoms with E-state index in [-0.39, 0.29) is 30.3 Å². The molecule has 1 aliphatic heterocycles. The molecule has 1 atom stereocenters. The van der Waals surface area contributed by atoms with E-state index in [0.29, 0.717) is 24.7 Å². The third-order valence-electron chi connectivity index (χ3n) is 4.66. The molecule has 5 nitrogen and oxygen atoms in total. The number of halogens is 1. The first kappa shape index (κ1) is 20.4. The molecule has 1 N–H and O–H groups in total. The molecular formula is C22H25ClN2O3. The van der Waals surface area contributed by atoms with Gasteiger partial charge in [0.1, 0.15) is 0 Å². The first-order valence-electron chi connectivity index (χ1n) is 9.45. The Morgan fingerprint density at radius 3 is 2.71 bits per heavy atom. The average molecular weight is 401 g/mol. The zero-order chi connectivity index (χ0) is 20.1. The van der Waals surface area contributed by atoms with E-state index in [2.05, 4.69) is 5.32 Å². The van der Waals surface area contributed by atoms with Gasteiger partial charge in [0.2, 0.25) is 11.8 Å². The van der Waals surface area contributed by atoms with Crippen LogP contribution in [0, 0.1) is 5.92 Å². The number of carbonyl (C=O) groups is 2. The monoisotopic (exact) mass is 400 g/mol. The maximum Gasteiger partial charge on any atom is 0.227 e. The minimum Gasteiger partial charge on any atom is -0.374 e. The topological polar surface area (TPSA) is 58.6 Å². The Balaban J connectivity index is 1.56. The summed E-state index contributed by atoms with van der Waals surface area (Å²) in [5.41, 5.74) is 2.81. The molecule has 6 heteroatoms. The van der Waals surface area contributed by atoms with Gasteiger partial charge in [0.25, 0.3) is 0 Å². The van der Waals surface area contributed by atoms with Gasteiger partial charge >= 0.3 is 0 Å². The summed E-state index contributed by atoms with van der Waals surface area (Å²) in [6.45, 7) is 5.34. The van der Waals surface area contributed by atoms with Gasteiger partial charge in [-0.3, -0.25) is 9.59 Å². The summed E-state index contributed by atoms with van der Waals surface area (Å²) in [6.07, 6.45) is 0.381. The lowest BCUT2D eigenvalue weighted by molar-refractivity contribution is -0.126.